The highest BCUT2D eigenvalue weighted by atomic mass is 32.2. The molecule has 2 unspecified atom stereocenters. The van der Waals surface area contributed by atoms with Crippen LogP contribution < -0.4 is 10.6 Å². The molecular weight excluding hydrogens is 320 g/mol. The largest absolute Gasteiger partial charge is 0.374 e. The highest BCUT2D eigenvalue weighted by Crippen LogP contribution is 2.22. The van der Waals surface area contributed by atoms with E-state index in [9.17, 15) is 0 Å². The second kappa shape index (κ2) is 10.6. The minimum absolute atomic E-state index is 0.226. The Labute approximate surface area is 150 Å². The molecule has 0 aliphatic carbocycles. The molecule has 0 bridgehead atoms. The van der Waals surface area contributed by atoms with Crippen molar-refractivity contribution in [2.24, 2.45) is 4.99 Å². The highest BCUT2D eigenvalue weighted by Gasteiger charge is 2.17. The van der Waals surface area contributed by atoms with E-state index in [1.54, 1.807) is 0 Å². The van der Waals surface area contributed by atoms with Crippen molar-refractivity contribution in [1.82, 2.24) is 15.5 Å². The molecule has 0 saturated carbocycles. The summed E-state index contributed by atoms with van der Waals surface area (Å²) >= 11 is 1.86. The van der Waals surface area contributed by atoms with E-state index >= 15 is 0 Å². The monoisotopic (exact) mass is 350 g/mol. The lowest BCUT2D eigenvalue weighted by atomic mass is 10.3. The molecule has 1 heterocycles. The average Bonchev–Trinajstić information content (AvgIpc) is 2.58. The van der Waals surface area contributed by atoms with Crippen LogP contribution in [0.2, 0.25) is 0 Å². The molecule has 2 rings (SSSR count). The van der Waals surface area contributed by atoms with Gasteiger partial charge in [0.25, 0.3) is 0 Å². The standard InChI is InChI=1S/C18H30N4OS/c1-4-19-18(21-13-16-14-22(3)10-11-23-16)20-12-15(2)24-17-8-6-5-7-9-17/h5-9,15-16H,4,10-14H2,1-3H3,(H2,19,20,21). The molecule has 2 atom stereocenters. The molecule has 0 spiro atoms. The van der Waals surface area contributed by atoms with Crippen LogP contribution in [0.3, 0.4) is 0 Å². The van der Waals surface area contributed by atoms with Gasteiger partial charge in [0.2, 0.25) is 0 Å². The molecule has 1 aliphatic heterocycles. The van der Waals surface area contributed by atoms with Crippen LogP contribution in [0.25, 0.3) is 0 Å². The summed E-state index contributed by atoms with van der Waals surface area (Å²) in [5.74, 6) is 0.870. The van der Waals surface area contributed by atoms with Crippen LogP contribution in [-0.4, -0.2) is 68.6 Å². The third-order valence-electron chi connectivity index (χ3n) is 3.77. The molecule has 1 saturated heterocycles. The van der Waals surface area contributed by atoms with Crippen LogP contribution in [0, 0.1) is 0 Å². The molecule has 2 N–H and O–H groups in total. The van der Waals surface area contributed by atoms with Gasteiger partial charge in [-0.3, -0.25) is 4.99 Å². The molecule has 5 nitrogen and oxygen atoms in total. The fourth-order valence-corrected chi connectivity index (χ4v) is 3.46. The van der Waals surface area contributed by atoms with Gasteiger partial charge in [-0.15, -0.1) is 11.8 Å². The van der Waals surface area contributed by atoms with Gasteiger partial charge in [-0.05, 0) is 26.1 Å². The van der Waals surface area contributed by atoms with Crippen molar-refractivity contribution in [3.63, 3.8) is 0 Å². The Morgan fingerprint density at radius 3 is 2.88 bits per heavy atom. The van der Waals surface area contributed by atoms with E-state index in [-0.39, 0.29) is 6.10 Å². The third kappa shape index (κ3) is 7.11. The van der Waals surface area contributed by atoms with Crippen molar-refractivity contribution in [2.45, 2.75) is 30.1 Å². The summed E-state index contributed by atoms with van der Waals surface area (Å²) < 4.78 is 5.79. The van der Waals surface area contributed by atoms with Crippen molar-refractivity contribution >= 4 is 17.7 Å². The Morgan fingerprint density at radius 2 is 2.17 bits per heavy atom. The first kappa shape index (κ1) is 19.1. The second-order valence-electron chi connectivity index (χ2n) is 6.10. The molecule has 1 aromatic rings. The quantitative estimate of drug-likeness (QED) is 0.448. The molecular formula is C18H30N4OS. The highest BCUT2D eigenvalue weighted by molar-refractivity contribution is 8.00. The van der Waals surface area contributed by atoms with E-state index in [1.165, 1.54) is 4.90 Å². The van der Waals surface area contributed by atoms with E-state index in [1.807, 2.05) is 17.8 Å². The number of ether oxygens (including phenoxy) is 1. The zero-order chi connectivity index (χ0) is 17.2. The Bertz CT molecular complexity index is 497. The van der Waals surface area contributed by atoms with E-state index in [4.69, 9.17) is 9.73 Å². The lowest BCUT2D eigenvalue weighted by Crippen LogP contribution is -2.48. The van der Waals surface area contributed by atoms with E-state index in [2.05, 4.69) is 60.7 Å². The molecule has 0 aromatic heterocycles. The van der Waals surface area contributed by atoms with Crippen molar-refractivity contribution in [3.8, 4) is 0 Å². The van der Waals surface area contributed by atoms with Gasteiger partial charge in [-0.25, -0.2) is 0 Å². The van der Waals surface area contributed by atoms with Gasteiger partial charge < -0.3 is 20.3 Å². The van der Waals surface area contributed by atoms with E-state index in [0.29, 0.717) is 5.25 Å². The lowest BCUT2D eigenvalue weighted by molar-refractivity contribution is -0.0161. The predicted octanol–water partition coefficient (Wildman–Crippen LogP) is 2.05. The number of rotatable bonds is 7. The maximum atomic E-state index is 5.79. The molecule has 134 valence electrons. The van der Waals surface area contributed by atoms with E-state index < -0.39 is 0 Å². The van der Waals surface area contributed by atoms with Crippen LogP contribution >= 0.6 is 11.8 Å². The summed E-state index contributed by atoms with van der Waals surface area (Å²) in [5.41, 5.74) is 0. The first-order valence-electron chi connectivity index (χ1n) is 8.71. The van der Waals surface area contributed by atoms with Crippen molar-refractivity contribution in [1.29, 1.82) is 0 Å². The normalized spacial score (nSPS) is 20.6. The van der Waals surface area contributed by atoms with Crippen LogP contribution in [0.4, 0.5) is 0 Å². The number of hydrogen-bond acceptors (Lipinski definition) is 4. The fraction of sp³-hybridized carbons (Fsp3) is 0.611. The van der Waals surface area contributed by atoms with Crippen molar-refractivity contribution in [2.75, 3.05) is 46.4 Å². The zero-order valence-electron chi connectivity index (χ0n) is 15.0. The summed E-state index contributed by atoms with van der Waals surface area (Å²) in [4.78, 5) is 8.31. The fourth-order valence-electron chi connectivity index (χ4n) is 2.53. The number of nitrogens with one attached hydrogen (secondary N) is 2. The number of morpholine rings is 1. The molecule has 0 radical (unpaired) electrons. The molecule has 1 aromatic carbocycles. The Kier molecular flexibility index (Phi) is 8.42. The third-order valence-corrected chi connectivity index (χ3v) is 4.87. The minimum Gasteiger partial charge on any atom is -0.374 e. The van der Waals surface area contributed by atoms with Crippen LogP contribution in [0.1, 0.15) is 13.8 Å². The maximum Gasteiger partial charge on any atom is 0.191 e. The Morgan fingerprint density at radius 1 is 1.38 bits per heavy atom. The summed E-state index contributed by atoms with van der Waals surface area (Å²) in [6.45, 7) is 9.51. The van der Waals surface area contributed by atoms with Gasteiger partial charge in [0.1, 0.15) is 0 Å². The van der Waals surface area contributed by atoms with Gasteiger partial charge in [-0.2, -0.15) is 0 Å². The first-order valence-corrected chi connectivity index (χ1v) is 9.59. The summed E-state index contributed by atoms with van der Waals surface area (Å²) in [5, 5.41) is 7.15. The van der Waals surface area contributed by atoms with Gasteiger partial charge in [-0.1, -0.05) is 25.1 Å². The summed E-state index contributed by atoms with van der Waals surface area (Å²) in [6, 6.07) is 10.5. The molecule has 1 aliphatic rings. The Balaban J connectivity index is 1.78. The number of thioether (sulfide) groups is 1. The van der Waals surface area contributed by atoms with Gasteiger partial charge in [0.15, 0.2) is 5.96 Å². The topological polar surface area (TPSA) is 48.9 Å². The number of guanidine groups is 1. The molecule has 24 heavy (non-hydrogen) atoms. The van der Waals surface area contributed by atoms with Crippen molar-refractivity contribution < 1.29 is 4.74 Å². The van der Waals surface area contributed by atoms with Gasteiger partial charge in [0, 0.05) is 36.3 Å². The summed E-state index contributed by atoms with van der Waals surface area (Å²) in [7, 11) is 2.14. The maximum absolute atomic E-state index is 5.79. The first-order chi connectivity index (χ1) is 11.7. The molecule has 1 fully saturated rings. The van der Waals surface area contributed by atoms with Crippen LogP contribution in [-0.2, 0) is 4.74 Å². The minimum atomic E-state index is 0.226. The van der Waals surface area contributed by atoms with Crippen LogP contribution in [0.5, 0.6) is 0 Å². The molecule has 0 amide bonds. The van der Waals surface area contributed by atoms with Gasteiger partial charge >= 0.3 is 0 Å². The zero-order valence-corrected chi connectivity index (χ0v) is 15.8. The molecule has 6 heteroatoms. The number of likely N-dealkylation sites (N-methyl/N-ethyl adjacent to an activating group) is 1. The van der Waals surface area contributed by atoms with E-state index in [0.717, 1.165) is 45.3 Å². The van der Waals surface area contributed by atoms with Gasteiger partial charge in [0.05, 0.1) is 19.3 Å². The SMILES string of the molecule is CCNC(=NCC(C)Sc1ccccc1)NCC1CN(C)CCO1. The number of aliphatic imine (C=N–C) groups is 1. The van der Waals surface area contributed by atoms with Crippen molar-refractivity contribution in [3.05, 3.63) is 30.3 Å². The predicted molar refractivity (Wildman–Crippen MR) is 103 cm³/mol. The average molecular weight is 351 g/mol. The number of hydrogen-bond donors (Lipinski definition) is 2. The summed E-state index contributed by atoms with van der Waals surface area (Å²) in [6.07, 6.45) is 0.226. The Hall–Kier alpha value is -1.24. The smallest absolute Gasteiger partial charge is 0.191 e. The lowest BCUT2D eigenvalue weighted by Gasteiger charge is -2.30. The second-order valence-corrected chi connectivity index (χ2v) is 7.61. The van der Waals surface area contributed by atoms with Crippen LogP contribution in [0.15, 0.2) is 40.2 Å². The number of nitrogens with zero attached hydrogens (tertiary/aromatic N) is 2. The number of benzene rings is 1.